The van der Waals surface area contributed by atoms with E-state index in [1.807, 2.05) is 0 Å². The number of hydrogen-bond donors (Lipinski definition) is 2. The highest BCUT2D eigenvalue weighted by molar-refractivity contribution is 7.87. The van der Waals surface area contributed by atoms with Crippen LogP contribution in [0, 0.1) is 0 Å². The maximum absolute atomic E-state index is 11.9. The minimum Gasteiger partial charge on any atom is -0.469 e. The van der Waals surface area contributed by atoms with Gasteiger partial charge in [0.2, 0.25) is 0 Å². The molecule has 1 atom stereocenters. The smallest absolute Gasteiger partial charge is 0.306 e. The summed E-state index contributed by atoms with van der Waals surface area (Å²) in [5.41, 5.74) is 0. The van der Waals surface area contributed by atoms with E-state index < -0.39 is 22.2 Å². The van der Waals surface area contributed by atoms with Gasteiger partial charge in [-0.2, -0.15) is 22.7 Å². The van der Waals surface area contributed by atoms with Crippen molar-refractivity contribution in [3.63, 3.8) is 0 Å². The molecule has 0 radical (unpaired) electrons. The van der Waals surface area contributed by atoms with Crippen molar-refractivity contribution >= 4 is 16.2 Å². The fraction of sp³-hybridized carbons (Fsp3) is 0.750. The first-order valence-corrected chi connectivity index (χ1v) is 6.84. The highest BCUT2D eigenvalue weighted by atomic mass is 32.2. The number of ether oxygens (including phenoxy) is 1. The van der Waals surface area contributed by atoms with Crippen LogP contribution < -0.4 is 4.72 Å². The molecule has 1 heterocycles. The van der Waals surface area contributed by atoms with Crippen LogP contribution in [0.25, 0.3) is 0 Å². The first-order valence-electron chi connectivity index (χ1n) is 5.40. The number of carbonyl (C=O) groups excluding carboxylic acids is 1. The Morgan fingerprint density at radius 3 is 2.79 bits per heavy atom. The number of aromatic nitrogens is 4. The van der Waals surface area contributed by atoms with Gasteiger partial charge in [-0.3, -0.25) is 4.79 Å². The molecule has 108 valence electrons. The molecule has 0 aliphatic heterocycles. The number of nitrogens with one attached hydrogen (secondary N) is 2. The fourth-order valence-electron chi connectivity index (χ4n) is 1.19. The summed E-state index contributed by atoms with van der Waals surface area (Å²) in [6.45, 7) is 1.59. The SMILES string of the molecule is COC(=O)CCN(C)S(=O)(=O)NC(C)c1nn[nH]n1. The van der Waals surface area contributed by atoms with Crippen LogP contribution in [0.2, 0.25) is 0 Å². The Balaban J connectivity index is 2.57. The first kappa shape index (κ1) is 15.5. The zero-order chi connectivity index (χ0) is 14.5. The summed E-state index contributed by atoms with van der Waals surface area (Å²) < 4.78 is 31.6. The first-order chi connectivity index (χ1) is 8.86. The number of hydrogen-bond acceptors (Lipinski definition) is 7. The molecule has 0 aliphatic carbocycles. The Bertz CT molecular complexity index is 501. The Hall–Kier alpha value is -1.59. The molecular weight excluding hydrogens is 276 g/mol. The molecule has 10 nitrogen and oxygen atoms in total. The Morgan fingerprint density at radius 2 is 2.26 bits per heavy atom. The molecule has 1 rings (SSSR count). The third-order valence-corrected chi connectivity index (χ3v) is 4.00. The van der Waals surface area contributed by atoms with E-state index in [9.17, 15) is 13.2 Å². The van der Waals surface area contributed by atoms with Crippen LogP contribution in [0.3, 0.4) is 0 Å². The molecule has 19 heavy (non-hydrogen) atoms. The lowest BCUT2D eigenvalue weighted by molar-refractivity contribution is -0.140. The van der Waals surface area contributed by atoms with Crippen molar-refractivity contribution in [1.82, 2.24) is 29.7 Å². The summed E-state index contributed by atoms with van der Waals surface area (Å²) in [5, 5.41) is 12.9. The molecule has 11 heteroatoms. The third kappa shape index (κ3) is 4.54. The van der Waals surface area contributed by atoms with Gasteiger partial charge in [0.05, 0.1) is 19.6 Å². The van der Waals surface area contributed by atoms with Gasteiger partial charge in [-0.25, -0.2) is 0 Å². The molecule has 0 bridgehead atoms. The molecule has 0 aliphatic rings. The van der Waals surface area contributed by atoms with E-state index in [1.165, 1.54) is 14.2 Å². The number of H-pyrrole nitrogens is 1. The number of rotatable bonds is 7. The van der Waals surface area contributed by atoms with Crippen molar-refractivity contribution < 1.29 is 17.9 Å². The van der Waals surface area contributed by atoms with Crippen LogP contribution >= 0.6 is 0 Å². The van der Waals surface area contributed by atoms with Gasteiger partial charge in [0.25, 0.3) is 10.2 Å². The molecule has 0 spiro atoms. The van der Waals surface area contributed by atoms with Gasteiger partial charge in [0.1, 0.15) is 0 Å². The highest BCUT2D eigenvalue weighted by Crippen LogP contribution is 2.07. The second kappa shape index (κ2) is 6.54. The molecule has 0 amide bonds. The second-order valence-electron chi connectivity index (χ2n) is 3.76. The predicted molar refractivity (Wildman–Crippen MR) is 63.9 cm³/mol. The number of nitrogens with zero attached hydrogens (tertiary/aromatic N) is 4. The van der Waals surface area contributed by atoms with Crippen molar-refractivity contribution in [2.45, 2.75) is 19.4 Å². The maximum atomic E-state index is 11.9. The zero-order valence-corrected chi connectivity index (χ0v) is 11.6. The lowest BCUT2D eigenvalue weighted by atomic mass is 10.4. The minimum atomic E-state index is -3.74. The molecule has 0 saturated heterocycles. The van der Waals surface area contributed by atoms with Crippen molar-refractivity contribution in [3.8, 4) is 0 Å². The quantitative estimate of drug-likeness (QED) is 0.590. The lowest BCUT2D eigenvalue weighted by Gasteiger charge is -2.19. The van der Waals surface area contributed by atoms with Gasteiger partial charge in [-0.05, 0) is 6.92 Å². The molecular formula is C8H16N6O4S. The molecule has 1 unspecified atom stereocenters. The van der Waals surface area contributed by atoms with Gasteiger partial charge in [-0.15, -0.1) is 10.2 Å². The zero-order valence-electron chi connectivity index (χ0n) is 10.8. The number of esters is 1. The number of methoxy groups -OCH3 is 1. The monoisotopic (exact) mass is 292 g/mol. The topological polar surface area (TPSA) is 130 Å². The van der Waals surface area contributed by atoms with Gasteiger partial charge in [0, 0.05) is 13.6 Å². The Morgan fingerprint density at radius 1 is 1.58 bits per heavy atom. The standard InChI is InChI=1S/C8H16N6O4S/c1-6(8-9-12-13-10-8)11-19(16,17)14(2)5-4-7(15)18-3/h6,11H,4-5H2,1-3H3,(H,9,10,12,13). The summed E-state index contributed by atoms with van der Waals surface area (Å²) in [4.78, 5) is 11.0. The van der Waals surface area contributed by atoms with Gasteiger partial charge in [0.15, 0.2) is 5.82 Å². The largest absolute Gasteiger partial charge is 0.469 e. The average Bonchev–Trinajstić information content (AvgIpc) is 2.88. The van der Waals surface area contributed by atoms with Crippen molar-refractivity contribution in [3.05, 3.63) is 5.82 Å². The number of aromatic amines is 1. The lowest BCUT2D eigenvalue weighted by Crippen LogP contribution is -2.40. The average molecular weight is 292 g/mol. The number of tetrazole rings is 1. The van der Waals surface area contributed by atoms with Gasteiger partial charge >= 0.3 is 5.97 Å². The Kier molecular flexibility index (Phi) is 5.32. The van der Waals surface area contributed by atoms with Crippen molar-refractivity contribution in [2.24, 2.45) is 0 Å². The summed E-state index contributed by atoms with van der Waals surface area (Å²) in [6.07, 6.45) is -0.0233. The van der Waals surface area contributed by atoms with Crippen LogP contribution in [-0.4, -0.2) is 60.0 Å². The minimum absolute atomic E-state index is 0.0149. The summed E-state index contributed by atoms with van der Waals surface area (Å²) in [5.74, 6) is -0.252. The summed E-state index contributed by atoms with van der Waals surface area (Å²) >= 11 is 0. The van der Waals surface area contributed by atoms with E-state index in [0.717, 1.165) is 4.31 Å². The van der Waals surface area contributed by atoms with E-state index in [2.05, 4.69) is 30.1 Å². The molecule has 2 N–H and O–H groups in total. The second-order valence-corrected chi connectivity index (χ2v) is 5.57. The fourth-order valence-corrected chi connectivity index (χ4v) is 2.25. The van der Waals surface area contributed by atoms with Crippen LogP contribution in [0.1, 0.15) is 25.2 Å². The van der Waals surface area contributed by atoms with E-state index in [-0.39, 0.29) is 18.8 Å². The molecule has 0 fully saturated rings. The van der Waals surface area contributed by atoms with Crippen molar-refractivity contribution in [1.29, 1.82) is 0 Å². The van der Waals surface area contributed by atoms with Gasteiger partial charge in [-0.1, -0.05) is 5.21 Å². The number of carbonyl (C=O) groups is 1. The van der Waals surface area contributed by atoms with Crippen molar-refractivity contribution in [2.75, 3.05) is 20.7 Å². The molecule has 1 aromatic rings. The molecule has 1 aromatic heterocycles. The van der Waals surface area contributed by atoms with E-state index >= 15 is 0 Å². The van der Waals surface area contributed by atoms with Gasteiger partial charge < -0.3 is 4.74 Å². The molecule has 0 saturated carbocycles. The van der Waals surface area contributed by atoms with E-state index in [0.29, 0.717) is 0 Å². The normalized spacial score (nSPS) is 13.5. The summed E-state index contributed by atoms with van der Waals surface area (Å²) in [7, 11) is -1.14. The Labute approximate surface area is 110 Å². The van der Waals surface area contributed by atoms with Crippen LogP contribution in [0.15, 0.2) is 0 Å². The maximum Gasteiger partial charge on any atom is 0.306 e. The molecule has 0 aromatic carbocycles. The van der Waals surface area contributed by atoms with Crippen LogP contribution in [0.4, 0.5) is 0 Å². The predicted octanol–water partition coefficient (Wildman–Crippen LogP) is -1.41. The van der Waals surface area contributed by atoms with Crippen LogP contribution in [0.5, 0.6) is 0 Å². The van der Waals surface area contributed by atoms with E-state index in [1.54, 1.807) is 6.92 Å². The highest BCUT2D eigenvalue weighted by Gasteiger charge is 2.23. The van der Waals surface area contributed by atoms with Crippen LogP contribution in [-0.2, 0) is 19.7 Å². The summed E-state index contributed by atoms with van der Waals surface area (Å²) in [6, 6.07) is -0.635. The third-order valence-electron chi connectivity index (χ3n) is 2.34. The van der Waals surface area contributed by atoms with E-state index in [4.69, 9.17) is 0 Å².